The van der Waals surface area contributed by atoms with E-state index in [1.807, 2.05) is 0 Å². The van der Waals surface area contributed by atoms with Gasteiger partial charge in [-0.2, -0.15) is 0 Å². The molecule has 1 spiro atoms. The Kier molecular flexibility index (Phi) is 1.98. The van der Waals surface area contributed by atoms with Crippen LogP contribution in [0.2, 0.25) is 0 Å². The summed E-state index contributed by atoms with van der Waals surface area (Å²) in [5.41, 5.74) is 1.84. The molecule has 0 heterocycles. The van der Waals surface area contributed by atoms with E-state index >= 15 is 0 Å². The van der Waals surface area contributed by atoms with E-state index < -0.39 is 0 Å². The predicted octanol–water partition coefficient (Wildman–Crippen LogP) is 3.59. The number of carbonyl (C=O) groups excluding carboxylic acids is 1. The van der Waals surface area contributed by atoms with Crippen molar-refractivity contribution in [1.82, 2.24) is 0 Å². The molecule has 0 saturated heterocycles. The highest BCUT2D eigenvalue weighted by atomic mass is 16.1. The minimum absolute atomic E-state index is 0.258. The van der Waals surface area contributed by atoms with Crippen LogP contribution in [0, 0.1) is 28.6 Å². The first kappa shape index (κ1) is 10.6. The number of hydrogen-bond acceptors (Lipinski definition) is 1. The molecule has 0 amide bonds. The molecule has 0 aromatic rings. The van der Waals surface area contributed by atoms with Crippen molar-refractivity contribution in [2.45, 2.75) is 46.5 Å². The van der Waals surface area contributed by atoms with Gasteiger partial charge in [-0.15, -0.1) is 0 Å². The number of aldehydes is 1. The summed E-state index contributed by atoms with van der Waals surface area (Å²) < 4.78 is 0. The van der Waals surface area contributed by atoms with Crippen LogP contribution in [0.4, 0.5) is 0 Å². The number of carbonyl (C=O) groups is 1. The maximum Gasteiger partial charge on any atom is 0.146 e. The van der Waals surface area contributed by atoms with Gasteiger partial charge in [-0.1, -0.05) is 26.8 Å². The van der Waals surface area contributed by atoms with Crippen molar-refractivity contribution in [3.63, 3.8) is 0 Å². The fourth-order valence-electron chi connectivity index (χ4n) is 5.22. The van der Waals surface area contributed by atoms with Gasteiger partial charge in [-0.25, -0.2) is 0 Å². The van der Waals surface area contributed by atoms with Gasteiger partial charge < -0.3 is 0 Å². The lowest BCUT2D eigenvalue weighted by molar-refractivity contribution is -0.106. The normalized spacial score (nSPS) is 48.7. The number of fused-ring (bicyclic) bond motifs is 1. The van der Waals surface area contributed by atoms with Gasteiger partial charge in [0.15, 0.2) is 0 Å². The molecule has 0 aromatic carbocycles. The summed E-state index contributed by atoms with van der Waals surface area (Å²) in [4.78, 5) is 11.4. The first-order chi connectivity index (χ1) is 7.53. The van der Waals surface area contributed by atoms with Crippen LogP contribution in [0.3, 0.4) is 0 Å². The Morgan fingerprint density at radius 3 is 2.81 bits per heavy atom. The summed E-state index contributed by atoms with van der Waals surface area (Å²) in [6.45, 7) is 7.23. The Morgan fingerprint density at radius 2 is 2.12 bits per heavy atom. The molecule has 2 fully saturated rings. The number of hydrogen-bond donors (Lipinski definition) is 0. The fraction of sp³-hybridized carbons (Fsp3) is 0.800. The molecular weight excluding hydrogens is 196 g/mol. The van der Waals surface area contributed by atoms with E-state index in [9.17, 15) is 4.79 Å². The van der Waals surface area contributed by atoms with Gasteiger partial charge in [0.2, 0.25) is 0 Å². The van der Waals surface area contributed by atoms with Crippen molar-refractivity contribution in [3.8, 4) is 0 Å². The van der Waals surface area contributed by atoms with Crippen LogP contribution in [-0.2, 0) is 4.79 Å². The van der Waals surface area contributed by atoms with Crippen molar-refractivity contribution >= 4 is 6.29 Å². The maximum atomic E-state index is 11.4. The van der Waals surface area contributed by atoms with Crippen LogP contribution in [0.15, 0.2) is 11.6 Å². The van der Waals surface area contributed by atoms with Crippen LogP contribution in [-0.4, -0.2) is 6.29 Å². The lowest BCUT2D eigenvalue weighted by Crippen LogP contribution is -2.33. The van der Waals surface area contributed by atoms with Gasteiger partial charge in [0.1, 0.15) is 6.29 Å². The minimum atomic E-state index is 0.258. The molecule has 3 aliphatic rings. The molecule has 4 atom stereocenters. The zero-order valence-corrected chi connectivity index (χ0v) is 10.6. The molecule has 1 nitrogen and oxygen atoms in total. The average molecular weight is 218 g/mol. The summed E-state index contributed by atoms with van der Waals surface area (Å²) >= 11 is 0. The topological polar surface area (TPSA) is 17.1 Å². The summed E-state index contributed by atoms with van der Waals surface area (Å²) in [7, 11) is 0. The van der Waals surface area contributed by atoms with E-state index in [0.29, 0.717) is 11.3 Å². The van der Waals surface area contributed by atoms with E-state index in [1.54, 1.807) is 0 Å². The summed E-state index contributed by atoms with van der Waals surface area (Å²) in [6, 6.07) is 0. The molecule has 0 aromatic heterocycles. The molecule has 3 rings (SSSR count). The van der Waals surface area contributed by atoms with Gasteiger partial charge in [0.05, 0.1) is 0 Å². The molecule has 0 aliphatic heterocycles. The van der Waals surface area contributed by atoms with Gasteiger partial charge >= 0.3 is 0 Å². The molecule has 2 saturated carbocycles. The highest BCUT2D eigenvalue weighted by Gasteiger charge is 2.64. The Bertz CT molecular complexity index is 366. The average Bonchev–Trinajstić information content (AvgIpc) is 2.65. The van der Waals surface area contributed by atoms with E-state index in [2.05, 4.69) is 26.8 Å². The zero-order chi connectivity index (χ0) is 11.6. The lowest BCUT2D eigenvalue weighted by Gasteiger charge is -2.37. The highest BCUT2D eigenvalue weighted by molar-refractivity contribution is 5.77. The van der Waals surface area contributed by atoms with Crippen LogP contribution >= 0.6 is 0 Å². The predicted molar refractivity (Wildman–Crippen MR) is 65.0 cm³/mol. The molecule has 16 heavy (non-hydrogen) atoms. The second-order valence-corrected chi connectivity index (χ2v) is 6.81. The molecule has 3 aliphatic carbocycles. The van der Waals surface area contributed by atoms with Gasteiger partial charge in [-0.05, 0) is 54.4 Å². The monoisotopic (exact) mass is 218 g/mol. The minimum Gasteiger partial charge on any atom is -0.298 e. The van der Waals surface area contributed by atoms with Crippen molar-refractivity contribution in [2.75, 3.05) is 0 Å². The van der Waals surface area contributed by atoms with Crippen LogP contribution < -0.4 is 0 Å². The standard InChI is InChI=1S/C15H22O/c1-10-4-7-13-14(2,3)11-5-6-12(9-16)15(10,13)8-11/h6,9-11,13H,4-5,7-8H2,1-3H3/t10-,11+,13+,15+/m1/s1. The SMILES string of the molecule is C[C@@H]1CC[C@H]2C(C)(C)[C@H]3CC=C(C=O)[C@]12C3. The smallest absolute Gasteiger partial charge is 0.146 e. The third-order valence-electron chi connectivity index (χ3n) is 6.21. The quantitative estimate of drug-likeness (QED) is 0.615. The molecule has 1 heteroatoms. The van der Waals surface area contributed by atoms with Crippen LogP contribution in [0.1, 0.15) is 46.5 Å². The Balaban J connectivity index is 2.16. The molecule has 2 bridgehead atoms. The van der Waals surface area contributed by atoms with Gasteiger partial charge in [0, 0.05) is 5.41 Å². The Hall–Kier alpha value is -0.590. The van der Waals surface area contributed by atoms with E-state index in [0.717, 1.165) is 30.1 Å². The van der Waals surface area contributed by atoms with Crippen LogP contribution in [0.5, 0.6) is 0 Å². The number of allylic oxidation sites excluding steroid dienone is 2. The molecule has 88 valence electrons. The number of rotatable bonds is 1. The first-order valence-corrected chi connectivity index (χ1v) is 6.69. The van der Waals surface area contributed by atoms with E-state index in [-0.39, 0.29) is 5.41 Å². The van der Waals surface area contributed by atoms with Crippen LogP contribution in [0.25, 0.3) is 0 Å². The second-order valence-electron chi connectivity index (χ2n) is 6.81. The third-order valence-corrected chi connectivity index (χ3v) is 6.21. The van der Waals surface area contributed by atoms with Crippen molar-refractivity contribution < 1.29 is 4.79 Å². The highest BCUT2D eigenvalue weighted by Crippen LogP contribution is 2.71. The Labute approximate surface area is 98.3 Å². The van der Waals surface area contributed by atoms with E-state index in [1.165, 1.54) is 19.3 Å². The Morgan fingerprint density at radius 1 is 1.38 bits per heavy atom. The third kappa shape index (κ3) is 0.959. The van der Waals surface area contributed by atoms with Gasteiger partial charge in [0.25, 0.3) is 0 Å². The molecular formula is C15H22O. The van der Waals surface area contributed by atoms with Crippen molar-refractivity contribution in [3.05, 3.63) is 11.6 Å². The largest absolute Gasteiger partial charge is 0.298 e. The molecule has 0 N–H and O–H groups in total. The maximum absolute atomic E-state index is 11.4. The first-order valence-electron chi connectivity index (χ1n) is 6.69. The van der Waals surface area contributed by atoms with E-state index in [4.69, 9.17) is 0 Å². The van der Waals surface area contributed by atoms with Crippen molar-refractivity contribution in [1.29, 1.82) is 0 Å². The summed E-state index contributed by atoms with van der Waals surface area (Å²) in [5.74, 6) is 2.27. The zero-order valence-electron chi connectivity index (χ0n) is 10.6. The lowest BCUT2D eigenvalue weighted by atomic mass is 9.65. The second kappa shape index (κ2) is 3.00. The fourth-order valence-corrected chi connectivity index (χ4v) is 5.22. The van der Waals surface area contributed by atoms with Crippen molar-refractivity contribution in [2.24, 2.45) is 28.6 Å². The molecule has 0 radical (unpaired) electrons. The van der Waals surface area contributed by atoms with Gasteiger partial charge in [-0.3, -0.25) is 4.79 Å². The molecule has 0 unspecified atom stereocenters. The summed E-state index contributed by atoms with van der Waals surface area (Å²) in [5, 5.41) is 0. The summed E-state index contributed by atoms with van der Waals surface area (Å²) in [6.07, 6.45) is 8.46.